The number of halogens is 2. The molecule has 3 amide bonds. The van der Waals surface area contributed by atoms with Gasteiger partial charge in [0, 0.05) is 68.1 Å². The maximum atomic E-state index is 15.2. The molecule has 1 atom stereocenters. The van der Waals surface area contributed by atoms with Gasteiger partial charge in [0.05, 0.1) is 11.9 Å². The van der Waals surface area contributed by atoms with Crippen molar-refractivity contribution in [3.63, 3.8) is 0 Å². The lowest BCUT2D eigenvalue weighted by Gasteiger charge is -2.42. The van der Waals surface area contributed by atoms with Crippen LogP contribution in [0.4, 0.5) is 26.1 Å². The fraction of sp³-hybridized carbons (Fsp3) is 0.422. The number of nitrogens with one attached hydrogen (secondary N) is 3. The van der Waals surface area contributed by atoms with Gasteiger partial charge in [0.25, 0.3) is 0 Å². The van der Waals surface area contributed by atoms with Gasteiger partial charge in [-0.05, 0) is 99.1 Å². The van der Waals surface area contributed by atoms with E-state index in [1.165, 1.54) is 12.3 Å². The molecule has 4 aromatic rings. The maximum Gasteiger partial charge on any atom is 0.249 e. The number of anilines is 3. The second-order valence-corrected chi connectivity index (χ2v) is 16.1. The maximum absolute atomic E-state index is 15.2. The van der Waals surface area contributed by atoms with Gasteiger partial charge < -0.3 is 15.5 Å². The Kier molecular flexibility index (Phi) is 12.1. The molecule has 2 aliphatic carbocycles. The third-order valence-corrected chi connectivity index (χ3v) is 12.2. The Morgan fingerprint density at radius 3 is 2.26 bits per heavy atom. The second kappa shape index (κ2) is 17.9. The van der Waals surface area contributed by atoms with Crippen LogP contribution in [0.25, 0.3) is 22.4 Å². The summed E-state index contributed by atoms with van der Waals surface area (Å²) >= 11 is 0. The van der Waals surface area contributed by atoms with E-state index in [0.717, 1.165) is 88.7 Å². The highest BCUT2D eigenvalue weighted by Crippen LogP contribution is 2.32. The average Bonchev–Trinajstić information content (AvgIpc) is 3.25. The van der Waals surface area contributed by atoms with Gasteiger partial charge in [-0.25, -0.2) is 23.7 Å². The summed E-state index contributed by atoms with van der Waals surface area (Å²) in [5.41, 5.74) is 4.05. The molecule has 4 aliphatic rings. The summed E-state index contributed by atoms with van der Waals surface area (Å²) < 4.78 is 30.1. The molecule has 3 N–H and O–H groups in total. The second-order valence-electron chi connectivity index (χ2n) is 16.1. The zero-order valence-electron chi connectivity index (χ0n) is 32.6. The Balaban J connectivity index is 0.755. The van der Waals surface area contributed by atoms with Crippen molar-refractivity contribution in [2.45, 2.75) is 82.3 Å². The number of benzene rings is 3. The number of carbonyl (C=O) groups excluding carboxylic acids is 3. The molecule has 8 rings (SSSR count). The Morgan fingerprint density at radius 1 is 0.776 bits per heavy atom. The highest BCUT2D eigenvalue weighted by molar-refractivity contribution is 6.01. The molecule has 1 aromatic heterocycles. The number of nitrogens with zero attached hydrogens (tertiary/aromatic N) is 5. The smallest absolute Gasteiger partial charge is 0.249 e. The van der Waals surface area contributed by atoms with Crippen molar-refractivity contribution in [2.75, 3.05) is 41.7 Å². The third kappa shape index (κ3) is 9.41. The van der Waals surface area contributed by atoms with Crippen molar-refractivity contribution >= 4 is 41.3 Å². The molecule has 302 valence electrons. The number of piperazine rings is 1. The zero-order valence-corrected chi connectivity index (χ0v) is 32.6. The van der Waals surface area contributed by atoms with Gasteiger partial charge in [-0.2, -0.15) is 0 Å². The summed E-state index contributed by atoms with van der Waals surface area (Å²) in [6.45, 7) is 3.16. The fourth-order valence-electron chi connectivity index (χ4n) is 8.90. The summed E-state index contributed by atoms with van der Waals surface area (Å²) in [7, 11) is 0. The summed E-state index contributed by atoms with van der Waals surface area (Å²) in [5, 5.41) is 8.76. The van der Waals surface area contributed by atoms with Gasteiger partial charge >= 0.3 is 0 Å². The monoisotopic (exact) mass is 788 g/mol. The molecular formula is C45H50F2N8O3. The van der Waals surface area contributed by atoms with E-state index in [1.807, 2.05) is 60.8 Å². The van der Waals surface area contributed by atoms with E-state index in [2.05, 4.69) is 40.7 Å². The quantitative estimate of drug-likeness (QED) is 0.112. The van der Waals surface area contributed by atoms with Crippen molar-refractivity contribution in [3.8, 4) is 22.4 Å². The summed E-state index contributed by atoms with van der Waals surface area (Å²) in [6.07, 6.45) is 10.8. The predicted octanol–water partition coefficient (Wildman–Crippen LogP) is 7.26. The van der Waals surface area contributed by atoms with Crippen molar-refractivity contribution in [2.24, 2.45) is 16.8 Å². The minimum Gasteiger partial charge on any atom is -0.374 e. The number of hydrogen-bond donors (Lipinski definition) is 3. The van der Waals surface area contributed by atoms with Gasteiger partial charge in [0.1, 0.15) is 17.6 Å². The number of piperidine rings is 1. The molecule has 58 heavy (non-hydrogen) atoms. The first-order valence-electron chi connectivity index (χ1n) is 20.7. The standard InChI is InChI=1S/C45H50F2N8O3/c46-37-26-35(50-39-18-20-41(56)52-44(39)58)15-19-40(37)55-23-21-54(22-24-55)36-16-9-29(10-17-36)27-48-43(57)31-11-13-34(14-12-31)51-45-49-28-38(47)42(53-45)33-8-4-7-32(25-33)30-5-2-1-3-6-30/h1-8,15,19,25-29,31,34,36,39,50H,9-14,16-18,20-24H2,(H,49,51,53)(H,52,56,58). The van der Waals surface area contributed by atoms with E-state index in [1.54, 1.807) is 12.1 Å². The van der Waals surface area contributed by atoms with E-state index in [-0.39, 0.29) is 47.6 Å². The van der Waals surface area contributed by atoms with Crippen LogP contribution in [0.3, 0.4) is 0 Å². The minimum absolute atomic E-state index is 0.0395. The third-order valence-electron chi connectivity index (χ3n) is 12.2. The van der Waals surface area contributed by atoms with E-state index < -0.39 is 11.9 Å². The number of rotatable bonds is 10. The van der Waals surface area contributed by atoms with Crippen LogP contribution < -0.4 is 20.9 Å². The molecule has 0 spiro atoms. The highest BCUT2D eigenvalue weighted by Gasteiger charge is 2.31. The minimum atomic E-state index is -0.556. The first-order valence-corrected chi connectivity index (χ1v) is 20.7. The van der Waals surface area contributed by atoms with E-state index in [0.29, 0.717) is 41.3 Å². The summed E-state index contributed by atoms with van der Waals surface area (Å²) in [6, 6.07) is 22.6. The van der Waals surface area contributed by atoms with Crippen LogP contribution in [-0.2, 0) is 14.4 Å². The van der Waals surface area contributed by atoms with Crippen LogP contribution >= 0.6 is 0 Å². The number of amides is 3. The molecule has 2 aliphatic heterocycles. The van der Waals surface area contributed by atoms with Crippen molar-refractivity contribution in [1.29, 1.82) is 0 Å². The van der Waals surface area contributed by atoms with Gasteiger partial charge in [-0.15, -0.1) is 0 Å². The topological polar surface area (TPSA) is 132 Å². The molecule has 1 unspecified atom stereocenters. The van der Waals surface area contributed by atoms with E-state index in [4.69, 9.17) is 0 Å². The molecule has 0 radical (unpaired) electrons. The Hall–Kier alpha value is -5.56. The van der Waals surface area contributed by atoms with Crippen LogP contribution in [0.15, 0.2) is 84.0 Å². The molecule has 2 saturated heterocycles. The fourth-order valence-corrected chi connectivity index (χ4v) is 8.90. The molecule has 13 heteroatoms. The molecule has 2 saturated carbocycles. The van der Waals surface area contributed by atoms with Crippen LogP contribution in [0.2, 0.25) is 0 Å². The van der Waals surface area contributed by atoms with Crippen molar-refractivity contribution in [1.82, 2.24) is 20.2 Å². The lowest BCUT2D eigenvalue weighted by Crippen LogP contribution is -2.51. The molecule has 4 fully saturated rings. The Morgan fingerprint density at radius 2 is 1.52 bits per heavy atom. The first kappa shape index (κ1) is 39.3. The van der Waals surface area contributed by atoms with Gasteiger partial charge in [0.15, 0.2) is 5.82 Å². The lowest BCUT2D eigenvalue weighted by atomic mass is 9.84. The summed E-state index contributed by atoms with van der Waals surface area (Å²) in [4.78, 5) is 54.5. The van der Waals surface area contributed by atoms with E-state index >= 15 is 4.39 Å². The first-order chi connectivity index (χ1) is 28.3. The highest BCUT2D eigenvalue weighted by atomic mass is 19.1. The van der Waals surface area contributed by atoms with Gasteiger partial charge in [-0.1, -0.05) is 48.5 Å². The molecule has 3 aromatic carbocycles. The normalized spacial score (nSPS) is 24.4. The van der Waals surface area contributed by atoms with Crippen LogP contribution in [0.5, 0.6) is 0 Å². The van der Waals surface area contributed by atoms with Crippen LogP contribution in [0.1, 0.15) is 64.2 Å². The number of carbonyl (C=O) groups is 3. The van der Waals surface area contributed by atoms with Crippen molar-refractivity contribution < 1.29 is 23.2 Å². The molecule has 0 bridgehead atoms. The van der Waals surface area contributed by atoms with Gasteiger partial charge in [0.2, 0.25) is 23.7 Å². The SMILES string of the molecule is O=C1CCC(Nc2ccc(N3CCN(C4CCC(C=NC(=O)C5CCC(Nc6ncc(F)c(-c7cccc(-c8ccccc8)c7)n6)CC5)CC4)CC3)c(F)c2)C(=O)N1. The average molecular weight is 789 g/mol. The van der Waals surface area contributed by atoms with Crippen LogP contribution in [0, 0.1) is 23.5 Å². The van der Waals surface area contributed by atoms with E-state index in [9.17, 15) is 18.8 Å². The molecule has 11 nitrogen and oxygen atoms in total. The lowest BCUT2D eigenvalue weighted by molar-refractivity contribution is -0.133. The number of imide groups is 1. The number of aromatic nitrogens is 2. The zero-order chi connectivity index (χ0) is 40.0. The Bertz CT molecular complexity index is 2130. The Labute approximate surface area is 337 Å². The summed E-state index contributed by atoms with van der Waals surface area (Å²) in [5.74, 6) is -0.940. The van der Waals surface area contributed by atoms with Gasteiger partial charge in [-0.3, -0.25) is 24.6 Å². The molecule has 3 heterocycles. The largest absolute Gasteiger partial charge is 0.374 e. The number of aliphatic imine (C=N–C) groups is 1. The predicted molar refractivity (Wildman–Crippen MR) is 221 cm³/mol. The van der Waals surface area contributed by atoms with Crippen molar-refractivity contribution in [3.05, 3.63) is 90.6 Å². The van der Waals surface area contributed by atoms with Crippen LogP contribution in [-0.4, -0.2) is 83.1 Å². The molecular weight excluding hydrogens is 739 g/mol. The number of hydrogen-bond acceptors (Lipinski definition) is 9.